The van der Waals surface area contributed by atoms with Gasteiger partial charge in [0.2, 0.25) is 11.8 Å². The third-order valence-electron chi connectivity index (χ3n) is 4.73. The van der Waals surface area contributed by atoms with Gasteiger partial charge in [0, 0.05) is 13.1 Å². The van der Waals surface area contributed by atoms with E-state index in [1.807, 2.05) is 75.4 Å². The first-order chi connectivity index (χ1) is 13.1. The van der Waals surface area contributed by atoms with Crippen LogP contribution in [0, 0.1) is 6.92 Å². The molecule has 1 N–H and O–H groups in total. The number of hydrogen-bond acceptors (Lipinski definition) is 2. The molecule has 0 spiro atoms. The Morgan fingerprint density at radius 1 is 1.00 bits per heavy atom. The number of benzene rings is 2. The summed E-state index contributed by atoms with van der Waals surface area (Å²) in [4.78, 5) is 27.6. The number of carbonyl (C=O) groups is 2. The lowest BCUT2D eigenvalue weighted by Gasteiger charge is -2.31. The third-order valence-corrected chi connectivity index (χ3v) is 4.73. The Morgan fingerprint density at radius 3 is 2.30 bits per heavy atom. The number of amides is 2. The lowest BCUT2D eigenvalue weighted by Crippen LogP contribution is -2.49. The highest BCUT2D eigenvalue weighted by Gasteiger charge is 2.28. The Bertz CT molecular complexity index is 743. The highest BCUT2D eigenvalue weighted by atomic mass is 16.2. The van der Waals surface area contributed by atoms with Crippen molar-refractivity contribution in [3.8, 4) is 0 Å². The summed E-state index contributed by atoms with van der Waals surface area (Å²) in [5, 5.41) is 2.95. The number of aryl methyl sites for hydroxylation is 1. The molecule has 4 nitrogen and oxygen atoms in total. The highest BCUT2D eigenvalue weighted by molar-refractivity contribution is 5.88. The minimum atomic E-state index is -0.465. The summed E-state index contributed by atoms with van der Waals surface area (Å²) in [5.41, 5.74) is 3.12. The van der Waals surface area contributed by atoms with Gasteiger partial charge in [-0.3, -0.25) is 9.59 Å². The fraction of sp³-hybridized carbons (Fsp3) is 0.391. The second kappa shape index (κ2) is 10.5. The minimum absolute atomic E-state index is 0.0216. The molecule has 0 radical (unpaired) electrons. The van der Waals surface area contributed by atoms with E-state index in [1.54, 1.807) is 4.90 Å². The third kappa shape index (κ3) is 5.95. The van der Waals surface area contributed by atoms with E-state index in [0.717, 1.165) is 23.1 Å². The second-order valence-electron chi connectivity index (χ2n) is 6.83. The van der Waals surface area contributed by atoms with Gasteiger partial charge in [-0.05, 0) is 36.5 Å². The average Bonchev–Trinajstić information content (AvgIpc) is 2.68. The summed E-state index contributed by atoms with van der Waals surface area (Å²) in [5.74, 6) is -0.0972. The molecule has 1 atom stereocenters. The summed E-state index contributed by atoms with van der Waals surface area (Å²) < 4.78 is 0. The first kappa shape index (κ1) is 20.7. The van der Waals surface area contributed by atoms with Crippen LogP contribution in [0.5, 0.6) is 0 Å². The molecule has 0 saturated carbocycles. The number of hydrogen-bond donors (Lipinski definition) is 1. The van der Waals surface area contributed by atoms with E-state index in [9.17, 15) is 9.59 Å². The van der Waals surface area contributed by atoms with Gasteiger partial charge < -0.3 is 10.2 Å². The van der Waals surface area contributed by atoms with Gasteiger partial charge in [-0.15, -0.1) is 0 Å². The Kier molecular flexibility index (Phi) is 8.05. The molecular weight excluding hydrogens is 336 g/mol. The zero-order valence-corrected chi connectivity index (χ0v) is 16.6. The van der Waals surface area contributed by atoms with Gasteiger partial charge in [0.1, 0.15) is 6.04 Å². The van der Waals surface area contributed by atoms with E-state index in [-0.39, 0.29) is 11.8 Å². The van der Waals surface area contributed by atoms with Crippen molar-refractivity contribution in [2.75, 3.05) is 6.54 Å². The van der Waals surface area contributed by atoms with Gasteiger partial charge in [-0.2, -0.15) is 0 Å². The van der Waals surface area contributed by atoms with Crippen molar-refractivity contribution in [2.45, 2.75) is 52.6 Å². The van der Waals surface area contributed by atoms with Crippen LogP contribution in [0.2, 0.25) is 0 Å². The van der Waals surface area contributed by atoms with Crippen molar-refractivity contribution >= 4 is 11.8 Å². The summed E-state index contributed by atoms with van der Waals surface area (Å²) in [7, 11) is 0. The summed E-state index contributed by atoms with van der Waals surface area (Å²) in [6, 6.07) is 17.3. The van der Waals surface area contributed by atoms with Crippen molar-refractivity contribution in [1.82, 2.24) is 10.2 Å². The number of nitrogens with one attached hydrogen (secondary N) is 1. The molecule has 2 rings (SSSR count). The molecule has 2 aromatic carbocycles. The monoisotopic (exact) mass is 366 g/mol. The first-order valence-electron chi connectivity index (χ1n) is 9.72. The smallest absolute Gasteiger partial charge is 0.242 e. The van der Waals surface area contributed by atoms with Crippen LogP contribution in [0.3, 0.4) is 0 Å². The lowest BCUT2D eigenvalue weighted by atomic mass is 10.0. The van der Waals surface area contributed by atoms with E-state index in [2.05, 4.69) is 5.32 Å². The van der Waals surface area contributed by atoms with Gasteiger partial charge in [0.15, 0.2) is 0 Å². The van der Waals surface area contributed by atoms with Crippen LogP contribution in [0.25, 0.3) is 0 Å². The molecule has 0 aliphatic rings. The number of rotatable bonds is 9. The van der Waals surface area contributed by atoms with Crippen LogP contribution in [0.15, 0.2) is 54.6 Å². The van der Waals surface area contributed by atoms with Crippen molar-refractivity contribution in [1.29, 1.82) is 0 Å². The number of carbonyl (C=O) groups excluding carboxylic acids is 2. The zero-order valence-electron chi connectivity index (χ0n) is 16.6. The molecule has 144 valence electrons. The molecule has 0 aliphatic heterocycles. The van der Waals surface area contributed by atoms with Crippen molar-refractivity contribution in [3.05, 3.63) is 71.3 Å². The predicted octanol–water partition coefficient (Wildman–Crippen LogP) is 3.87. The molecule has 0 fully saturated rings. The fourth-order valence-electron chi connectivity index (χ4n) is 3.14. The maximum absolute atomic E-state index is 13.2. The van der Waals surface area contributed by atoms with E-state index in [1.165, 1.54) is 0 Å². The predicted molar refractivity (Wildman–Crippen MR) is 109 cm³/mol. The second-order valence-corrected chi connectivity index (χ2v) is 6.83. The van der Waals surface area contributed by atoms with Crippen LogP contribution in [-0.2, 0) is 22.6 Å². The topological polar surface area (TPSA) is 49.4 Å². The SMILES string of the molecule is CCCNC(=O)[C@@H](CC)N(Cc1ccccc1)C(=O)Cc1ccccc1C. The zero-order chi connectivity index (χ0) is 19.6. The van der Waals surface area contributed by atoms with Crippen LogP contribution in [0.4, 0.5) is 0 Å². The minimum Gasteiger partial charge on any atom is -0.354 e. The van der Waals surface area contributed by atoms with Gasteiger partial charge in [0.25, 0.3) is 0 Å². The van der Waals surface area contributed by atoms with E-state index in [4.69, 9.17) is 0 Å². The van der Waals surface area contributed by atoms with E-state index < -0.39 is 6.04 Å². The largest absolute Gasteiger partial charge is 0.354 e. The Morgan fingerprint density at radius 2 is 1.67 bits per heavy atom. The molecule has 0 bridgehead atoms. The summed E-state index contributed by atoms with van der Waals surface area (Å²) in [6.45, 7) is 7.04. The molecule has 27 heavy (non-hydrogen) atoms. The van der Waals surface area contributed by atoms with Gasteiger partial charge >= 0.3 is 0 Å². The van der Waals surface area contributed by atoms with Crippen LogP contribution in [0.1, 0.15) is 43.4 Å². The van der Waals surface area contributed by atoms with Crippen LogP contribution in [-0.4, -0.2) is 29.3 Å². The molecule has 0 unspecified atom stereocenters. The molecule has 2 amide bonds. The maximum atomic E-state index is 13.2. The molecule has 0 aliphatic carbocycles. The fourth-order valence-corrected chi connectivity index (χ4v) is 3.14. The quantitative estimate of drug-likeness (QED) is 0.732. The Labute approximate surface area is 162 Å². The molecule has 2 aromatic rings. The van der Waals surface area contributed by atoms with Gasteiger partial charge in [0.05, 0.1) is 6.42 Å². The van der Waals surface area contributed by atoms with Crippen LogP contribution < -0.4 is 5.32 Å². The number of nitrogens with zero attached hydrogens (tertiary/aromatic N) is 1. The summed E-state index contributed by atoms with van der Waals surface area (Å²) in [6.07, 6.45) is 1.76. The molecule has 0 saturated heterocycles. The van der Waals surface area contributed by atoms with E-state index in [0.29, 0.717) is 25.9 Å². The Balaban J connectivity index is 2.25. The van der Waals surface area contributed by atoms with Crippen molar-refractivity contribution < 1.29 is 9.59 Å². The molecule has 4 heteroatoms. The van der Waals surface area contributed by atoms with Crippen LogP contribution >= 0.6 is 0 Å². The van der Waals surface area contributed by atoms with Crippen molar-refractivity contribution in [3.63, 3.8) is 0 Å². The highest BCUT2D eigenvalue weighted by Crippen LogP contribution is 2.16. The maximum Gasteiger partial charge on any atom is 0.242 e. The normalized spacial score (nSPS) is 11.7. The molecular formula is C23H30N2O2. The molecule has 0 aromatic heterocycles. The van der Waals surface area contributed by atoms with E-state index >= 15 is 0 Å². The standard InChI is InChI=1S/C23H30N2O2/c1-4-15-24-23(27)21(5-2)25(17-19-12-7-6-8-13-19)22(26)16-20-14-10-9-11-18(20)3/h6-14,21H,4-5,15-17H2,1-3H3,(H,24,27)/t21-/m1/s1. The van der Waals surface area contributed by atoms with Gasteiger partial charge in [-0.25, -0.2) is 0 Å². The van der Waals surface area contributed by atoms with Crippen molar-refractivity contribution in [2.24, 2.45) is 0 Å². The summed E-state index contributed by atoms with van der Waals surface area (Å²) >= 11 is 0. The lowest BCUT2D eigenvalue weighted by molar-refractivity contribution is -0.140. The first-order valence-corrected chi connectivity index (χ1v) is 9.72. The molecule has 0 heterocycles. The average molecular weight is 367 g/mol. The Hall–Kier alpha value is -2.62. The van der Waals surface area contributed by atoms with Gasteiger partial charge in [-0.1, -0.05) is 68.4 Å².